The summed E-state index contributed by atoms with van der Waals surface area (Å²) in [4.78, 5) is 15.4. The molecule has 0 atom stereocenters. The van der Waals surface area contributed by atoms with Gasteiger partial charge < -0.3 is 28.4 Å². The highest BCUT2D eigenvalue weighted by molar-refractivity contribution is 5.97. The largest absolute Gasteiger partial charge is 0.493 e. The second-order valence-corrected chi connectivity index (χ2v) is 8.94. The number of aromatic nitrogens is 1. The zero-order chi connectivity index (χ0) is 27.2. The van der Waals surface area contributed by atoms with E-state index in [1.165, 1.54) is 0 Å². The molecule has 1 heterocycles. The molecule has 0 aliphatic carbocycles. The summed E-state index contributed by atoms with van der Waals surface area (Å²) in [6.45, 7) is 2.52. The predicted molar refractivity (Wildman–Crippen MR) is 149 cm³/mol. The van der Waals surface area contributed by atoms with Crippen molar-refractivity contribution in [2.75, 3.05) is 42.0 Å². The molecule has 3 aromatic carbocycles. The lowest BCUT2D eigenvalue weighted by atomic mass is 10.1. The highest BCUT2D eigenvalue weighted by Crippen LogP contribution is 2.35. The van der Waals surface area contributed by atoms with Gasteiger partial charge in [-0.25, -0.2) is 0 Å². The molecule has 0 bridgehead atoms. The number of methoxy groups -OCH3 is 4. The zero-order valence-electron chi connectivity index (χ0n) is 22.8. The highest BCUT2D eigenvalue weighted by Gasteiger charge is 2.23. The fourth-order valence-corrected chi connectivity index (χ4v) is 4.58. The molecule has 0 saturated carbocycles. The van der Waals surface area contributed by atoms with Crippen molar-refractivity contribution in [1.29, 1.82) is 0 Å². The summed E-state index contributed by atoms with van der Waals surface area (Å²) >= 11 is 0. The minimum atomic E-state index is -0.0422. The summed E-state index contributed by atoms with van der Waals surface area (Å²) in [5.74, 6) is 2.58. The molecular formula is C31H34N2O5. The van der Waals surface area contributed by atoms with Crippen LogP contribution in [0.3, 0.4) is 0 Å². The van der Waals surface area contributed by atoms with Gasteiger partial charge in [0, 0.05) is 31.0 Å². The highest BCUT2D eigenvalue weighted by atomic mass is 16.5. The van der Waals surface area contributed by atoms with Crippen molar-refractivity contribution < 1.29 is 23.7 Å². The van der Waals surface area contributed by atoms with Crippen LogP contribution < -0.4 is 18.9 Å². The lowest BCUT2D eigenvalue weighted by molar-refractivity contribution is 0.0796. The molecule has 1 aromatic heterocycles. The normalized spacial score (nSPS) is 10.7. The number of hydrogen-bond donors (Lipinski definition) is 0. The third-order valence-electron chi connectivity index (χ3n) is 6.70. The van der Waals surface area contributed by atoms with E-state index in [1.807, 2.05) is 86.8 Å². The van der Waals surface area contributed by atoms with Crippen molar-refractivity contribution in [3.8, 4) is 39.9 Å². The summed E-state index contributed by atoms with van der Waals surface area (Å²) in [6, 6.07) is 23.6. The lowest BCUT2D eigenvalue weighted by Crippen LogP contribution is -2.29. The number of likely N-dealkylation sites (N-methyl/N-ethyl adjacent to an activating group) is 1. The van der Waals surface area contributed by atoms with Crippen LogP contribution >= 0.6 is 0 Å². The summed E-state index contributed by atoms with van der Waals surface area (Å²) in [7, 11) is 8.29. The molecule has 38 heavy (non-hydrogen) atoms. The predicted octanol–water partition coefficient (Wildman–Crippen LogP) is 5.80. The van der Waals surface area contributed by atoms with E-state index in [-0.39, 0.29) is 5.91 Å². The van der Waals surface area contributed by atoms with Gasteiger partial charge in [0.2, 0.25) is 0 Å². The molecule has 0 saturated heterocycles. The molecule has 0 N–H and O–H groups in total. The van der Waals surface area contributed by atoms with Gasteiger partial charge in [-0.3, -0.25) is 4.79 Å². The first-order valence-corrected chi connectivity index (χ1v) is 12.4. The minimum absolute atomic E-state index is 0.0422. The molecular weight excluding hydrogens is 480 g/mol. The van der Waals surface area contributed by atoms with Crippen molar-refractivity contribution in [1.82, 2.24) is 9.47 Å². The SMILES string of the molecule is COc1ccc(CCN(C)C(=O)c2cc(-c3ccccc3)n(-c3ccc(OC)c(OC)c3)c2C)cc1OC. The molecule has 0 aliphatic heterocycles. The Bertz CT molecular complexity index is 1410. The molecule has 7 heteroatoms. The van der Waals surface area contributed by atoms with E-state index in [4.69, 9.17) is 18.9 Å². The van der Waals surface area contributed by atoms with Crippen LogP contribution in [0.25, 0.3) is 16.9 Å². The number of benzene rings is 3. The number of amides is 1. The Hall–Kier alpha value is -4.39. The summed E-state index contributed by atoms with van der Waals surface area (Å²) in [5, 5.41) is 0. The molecule has 4 aromatic rings. The van der Waals surface area contributed by atoms with Crippen molar-refractivity contribution in [3.63, 3.8) is 0 Å². The van der Waals surface area contributed by atoms with Crippen LogP contribution in [-0.4, -0.2) is 57.4 Å². The third-order valence-corrected chi connectivity index (χ3v) is 6.70. The Labute approximate surface area is 224 Å². The van der Waals surface area contributed by atoms with Gasteiger partial charge in [0.25, 0.3) is 5.91 Å². The van der Waals surface area contributed by atoms with Crippen LogP contribution in [0.5, 0.6) is 23.0 Å². The van der Waals surface area contributed by atoms with E-state index in [1.54, 1.807) is 33.3 Å². The van der Waals surface area contributed by atoms with E-state index in [9.17, 15) is 4.79 Å². The van der Waals surface area contributed by atoms with Crippen LogP contribution in [0, 0.1) is 6.92 Å². The Morgan fingerprint density at radius 3 is 2.00 bits per heavy atom. The average molecular weight is 515 g/mol. The maximum atomic E-state index is 13.7. The average Bonchev–Trinajstić information content (AvgIpc) is 3.31. The molecule has 0 spiro atoms. The molecule has 4 rings (SSSR count). The van der Waals surface area contributed by atoms with Gasteiger partial charge in [-0.2, -0.15) is 0 Å². The quantitative estimate of drug-likeness (QED) is 0.268. The number of ether oxygens (including phenoxy) is 4. The molecule has 0 radical (unpaired) electrons. The molecule has 1 amide bonds. The van der Waals surface area contributed by atoms with Gasteiger partial charge in [0.1, 0.15) is 0 Å². The fourth-order valence-electron chi connectivity index (χ4n) is 4.58. The van der Waals surface area contributed by atoms with E-state index < -0.39 is 0 Å². The number of carbonyl (C=O) groups excluding carboxylic acids is 1. The summed E-state index contributed by atoms with van der Waals surface area (Å²) in [5.41, 5.74) is 5.37. The van der Waals surface area contributed by atoms with Crippen LogP contribution in [-0.2, 0) is 6.42 Å². The Balaban J connectivity index is 1.67. The summed E-state index contributed by atoms with van der Waals surface area (Å²) in [6.07, 6.45) is 0.684. The monoisotopic (exact) mass is 514 g/mol. The lowest BCUT2D eigenvalue weighted by Gasteiger charge is -2.18. The van der Waals surface area contributed by atoms with Gasteiger partial charge in [-0.05, 0) is 54.8 Å². The third kappa shape index (κ3) is 5.32. The second kappa shape index (κ2) is 11.8. The van der Waals surface area contributed by atoms with Gasteiger partial charge in [0.15, 0.2) is 23.0 Å². The summed E-state index contributed by atoms with van der Waals surface area (Å²) < 4.78 is 23.8. The number of nitrogens with zero attached hydrogens (tertiary/aromatic N) is 2. The molecule has 198 valence electrons. The zero-order valence-corrected chi connectivity index (χ0v) is 22.8. The van der Waals surface area contributed by atoms with Gasteiger partial charge in [0.05, 0.1) is 39.7 Å². The van der Waals surface area contributed by atoms with Crippen LogP contribution in [0.1, 0.15) is 21.6 Å². The first-order chi connectivity index (χ1) is 18.4. The van der Waals surface area contributed by atoms with Crippen LogP contribution in [0.4, 0.5) is 0 Å². The standard InChI is InChI=1S/C31H34N2O5/c1-21-25(31(34)32(2)17-16-22-12-14-27(35-3)29(18-22)37-5)20-26(23-10-8-7-9-11-23)33(21)24-13-15-28(36-4)30(19-24)38-6/h7-15,18-20H,16-17H2,1-6H3. The first-order valence-electron chi connectivity index (χ1n) is 12.4. The molecule has 7 nitrogen and oxygen atoms in total. The maximum absolute atomic E-state index is 13.7. The topological polar surface area (TPSA) is 62.2 Å². The molecule has 0 unspecified atom stereocenters. The molecule has 0 aliphatic rings. The maximum Gasteiger partial charge on any atom is 0.255 e. The van der Waals surface area contributed by atoms with E-state index in [2.05, 4.69) is 4.57 Å². The number of rotatable bonds is 10. The van der Waals surface area contributed by atoms with Crippen molar-refractivity contribution in [2.24, 2.45) is 0 Å². The minimum Gasteiger partial charge on any atom is -0.493 e. The fraction of sp³-hybridized carbons (Fsp3) is 0.258. The van der Waals surface area contributed by atoms with E-state index in [0.717, 1.165) is 28.2 Å². The van der Waals surface area contributed by atoms with Crippen molar-refractivity contribution in [2.45, 2.75) is 13.3 Å². The van der Waals surface area contributed by atoms with Crippen LogP contribution in [0.2, 0.25) is 0 Å². The van der Waals surface area contributed by atoms with Crippen molar-refractivity contribution >= 4 is 5.91 Å². The second-order valence-electron chi connectivity index (χ2n) is 8.94. The van der Waals surface area contributed by atoms with Gasteiger partial charge >= 0.3 is 0 Å². The Kier molecular flexibility index (Phi) is 8.26. The number of hydrogen-bond acceptors (Lipinski definition) is 5. The van der Waals surface area contributed by atoms with E-state index >= 15 is 0 Å². The Morgan fingerprint density at radius 1 is 0.763 bits per heavy atom. The molecule has 0 fully saturated rings. The first kappa shape index (κ1) is 26.7. The van der Waals surface area contributed by atoms with E-state index in [0.29, 0.717) is 41.5 Å². The Morgan fingerprint density at radius 2 is 1.37 bits per heavy atom. The number of carbonyl (C=O) groups is 1. The smallest absolute Gasteiger partial charge is 0.255 e. The van der Waals surface area contributed by atoms with Gasteiger partial charge in [-0.15, -0.1) is 0 Å². The van der Waals surface area contributed by atoms with Crippen molar-refractivity contribution in [3.05, 3.63) is 89.6 Å². The van der Waals surface area contributed by atoms with Gasteiger partial charge in [-0.1, -0.05) is 36.4 Å². The van der Waals surface area contributed by atoms with Crippen LogP contribution in [0.15, 0.2) is 72.8 Å².